The van der Waals surface area contributed by atoms with E-state index in [9.17, 15) is 0 Å². The summed E-state index contributed by atoms with van der Waals surface area (Å²) in [6.45, 7) is 12.4. The van der Waals surface area contributed by atoms with Crippen LogP contribution in [-0.4, -0.2) is 34.3 Å². The highest BCUT2D eigenvalue weighted by Gasteiger charge is 2.39. The zero-order valence-corrected chi connectivity index (χ0v) is 14.3. The first-order valence-corrected chi connectivity index (χ1v) is 8.30. The Kier molecular flexibility index (Phi) is 3.45. The predicted molar refractivity (Wildman–Crippen MR) is 88.2 cm³/mol. The van der Waals surface area contributed by atoms with Gasteiger partial charge in [-0.3, -0.25) is 0 Å². The lowest BCUT2D eigenvalue weighted by atomic mass is 9.99. The topological polar surface area (TPSA) is 38.2 Å². The summed E-state index contributed by atoms with van der Waals surface area (Å²) < 4.78 is 6.17. The van der Waals surface area contributed by atoms with E-state index in [0.717, 1.165) is 30.2 Å². The average molecular weight is 305 g/mol. The minimum absolute atomic E-state index is 0.178. The number of hydrogen-bond acceptors (Lipinski definition) is 5. The molecule has 0 unspecified atom stereocenters. The van der Waals surface area contributed by atoms with E-state index >= 15 is 0 Å². The maximum absolute atomic E-state index is 6.17. The predicted octanol–water partition coefficient (Wildman–Crippen LogP) is 3.65. The lowest BCUT2D eigenvalue weighted by Crippen LogP contribution is -2.57. The van der Waals surface area contributed by atoms with Crippen molar-refractivity contribution in [3.8, 4) is 0 Å². The molecule has 0 bridgehead atoms. The minimum atomic E-state index is -0.178. The average Bonchev–Trinajstić information content (AvgIpc) is 2.77. The lowest BCUT2D eigenvalue weighted by Gasteiger charge is -2.47. The summed E-state index contributed by atoms with van der Waals surface area (Å²) in [6.07, 6.45) is 2.73. The van der Waals surface area contributed by atoms with E-state index in [2.05, 4.69) is 55.6 Å². The van der Waals surface area contributed by atoms with E-state index in [1.165, 1.54) is 10.3 Å². The van der Waals surface area contributed by atoms with Crippen molar-refractivity contribution in [3.63, 3.8) is 0 Å². The van der Waals surface area contributed by atoms with Crippen molar-refractivity contribution in [2.75, 3.05) is 18.0 Å². The van der Waals surface area contributed by atoms with Crippen LogP contribution in [0.25, 0.3) is 10.2 Å². The quantitative estimate of drug-likeness (QED) is 0.849. The molecule has 4 nitrogen and oxygen atoms in total. The normalized spacial score (nSPS) is 20.9. The van der Waals surface area contributed by atoms with Crippen LogP contribution in [0.1, 0.15) is 39.5 Å². The SMILES string of the molecule is CCc1cc2c(N3CC(C)(C)OC(C)(C)C3)ncnc2s1. The van der Waals surface area contributed by atoms with E-state index in [4.69, 9.17) is 4.74 Å². The molecule has 3 heterocycles. The second kappa shape index (κ2) is 4.92. The molecule has 0 aliphatic carbocycles. The zero-order valence-electron chi connectivity index (χ0n) is 13.4. The summed E-state index contributed by atoms with van der Waals surface area (Å²) >= 11 is 1.77. The van der Waals surface area contributed by atoms with E-state index in [1.54, 1.807) is 17.7 Å². The zero-order chi connectivity index (χ0) is 15.3. The summed E-state index contributed by atoms with van der Waals surface area (Å²) in [5, 5.41) is 1.17. The van der Waals surface area contributed by atoms with Gasteiger partial charge in [-0.15, -0.1) is 11.3 Å². The molecule has 0 aromatic carbocycles. The molecule has 1 aliphatic heterocycles. The third-order valence-corrected chi connectivity index (χ3v) is 4.89. The van der Waals surface area contributed by atoms with Gasteiger partial charge in [0.15, 0.2) is 0 Å². The number of rotatable bonds is 2. The fourth-order valence-electron chi connectivity index (χ4n) is 3.26. The Bertz CT molecular complexity index is 647. The van der Waals surface area contributed by atoms with Crippen molar-refractivity contribution in [2.45, 2.75) is 52.2 Å². The van der Waals surface area contributed by atoms with Gasteiger partial charge in [0.05, 0.1) is 16.6 Å². The van der Waals surface area contributed by atoms with Crippen molar-refractivity contribution in [3.05, 3.63) is 17.3 Å². The number of thiophene rings is 1. The van der Waals surface area contributed by atoms with Gasteiger partial charge in [0.2, 0.25) is 0 Å². The Morgan fingerprint density at radius 3 is 2.48 bits per heavy atom. The Morgan fingerprint density at radius 2 is 1.86 bits per heavy atom. The standard InChI is InChI=1S/C16H23N3OS/c1-6-11-7-12-13(17-10-18-14(12)21-11)19-8-15(2,3)20-16(4,5)9-19/h7,10H,6,8-9H2,1-5H3. The lowest BCUT2D eigenvalue weighted by molar-refractivity contribution is -0.133. The van der Waals surface area contributed by atoms with Crippen molar-refractivity contribution in [1.82, 2.24) is 9.97 Å². The van der Waals surface area contributed by atoms with Gasteiger partial charge >= 0.3 is 0 Å². The maximum Gasteiger partial charge on any atom is 0.140 e. The highest BCUT2D eigenvalue weighted by molar-refractivity contribution is 7.18. The van der Waals surface area contributed by atoms with Gasteiger partial charge in [0.1, 0.15) is 17.0 Å². The number of nitrogens with zero attached hydrogens (tertiary/aromatic N) is 3. The molecular formula is C16H23N3OS. The van der Waals surface area contributed by atoms with Crippen LogP contribution >= 0.6 is 11.3 Å². The van der Waals surface area contributed by atoms with Crippen LogP contribution in [0.2, 0.25) is 0 Å². The van der Waals surface area contributed by atoms with Gasteiger partial charge in [-0.05, 0) is 40.2 Å². The monoisotopic (exact) mass is 305 g/mol. The smallest absolute Gasteiger partial charge is 0.140 e. The Morgan fingerprint density at radius 1 is 1.19 bits per heavy atom. The van der Waals surface area contributed by atoms with Gasteiger partial charge in [0, 0.05) is 18.0 Å². The van der Waals surface area contributed by atoms with Gasteiger partial charge < -0.3 is 9.64 Å². The van der Waals surface area contributed by atoms with Crippen LogP contribution in [0.15, 0.2) is 12.4 Å². The largest absolute Gasteiger partial charge is 0.366 e. The molecule has 5 heteroatoms. The van der Waals surface area contributed by atoms with Gasteiger partial charge in [0.25, 0.3) is 0 Å². The van der Waals surface area contributed by atoms with Crippen LogP contribution in [0.3, 0.4) is 0 Å². The summed E-state index contributed by atoms with van der Waals surface area (Å²) in [7, 11) is 0. The first-order chi connectivity index (χ1) is 9.80. The molecule has 1 aliphatic rings. The first kappa shape index (κ1) is 14.7. The molecule has 2 aromatic rings. The highest BCUT2D eigenvalue weighted by atomic mass is 32.1. The number of ether oxygens (including phenoxy) is 1. The number of aromatic nitrogens is 2. The van der Waals surface area contributed by atoms with Crippen molar-refractivity contribution in [2.24, 2.45) is 0 Å². The number of morpholine rings is 1. The minimum Gasteiger partial charge on any atom is -0.366 e. The molecule has 114 valence electrons. The summed E-state index contributed by atoms with van der Waals surface area (Å²) in [5.41, 5.74) is -0.356. The summed E-state index contributed by atoms with van der Waals surface area (Å²) in [4.78, 5) is 13.8. The molecule has 21 heavy (non-hydrogen) atoms. The molecule has 2 aromatic heterocycles. The van der Waals surface area contributed by atoms with E-state index in [0.29, 0.717) is 0 Å². The molecule has 3 rings (SSSR count). The van der Waals surface area contributed by atoms with Crippen LogP contribution in [0.5, 0.6) is 0 Å². The Labute approximate surface area is 130 Å². The molecule has 0 saturated carbocycles. The van der Waals surface area contributed by atoms with E-state index in [1.807, 2.05) is 0 Å². The van der Waals surface area contributed by atoms with Gasteiger partial charge in [-0.1, -0.05) is 6.92 Å². The molecule has 1 saturated heterocycles. The molecule has 0 N–H and O–H groups in total. The summed E-state index contributed by atoms with van der Waals surface area (Å²) in [6, 6.07) is 2.24. The third kappa shape index (κ3) is 2.90. The molecule has 1 fully saturated rings. The first-order valence-electron chi connectivity index (χ1n) is 7.48. The number of anilines is 1. The molecule has 0 amide bonds. The van der Waals surface area contributed by atoms with Crippen LogP contribution < -0.4 is 4.90 Å². The van der Waals surface area contributed by atoms with Gasteiger partial charge in [-0.25, -0.2) is 9.97 Å². The van der Waals surface area contributed by atoms with Crippen molar-refractivity contribution in [1.29, 1.82) is 0 Å². The maximum atomic E-state index is 6.17. The number of hydrogen-bond donors (Lipinski definition) is 0. The second-order valence-electron chi connectivity index (χ2n) is 6.96. The Balaban J connectivity index is 2.05. The van der Waals surface area contributed by atoms with Crippen LogP contribution in [-0.2, 0) is 11.2 Å². The van der Waals surface area contributed by atoms with Crippen LogP contribution in [0, 0.1) is 0 Å². The third-order valence-electron chi connectivity index (χ3n) is 3.70. The Hall–Kier alpha value is -1.20. The fraction of sp³-hybridized carbons (Fsp3) is 0.625. The molecule has 0 radical (unpaired) electrons. The fourth-order valence-corrected chi connectivity index (χ4v) is 4.19. The highest BCUT2D eigenvalue weighted by Crippen LogP contribution is 2.35. The molecular weight excluding hydrogens is 282 g/mol. The second-order valence-corrected chi connectivity index (χ2v) is 8.08. The van der Waals surface area contributed by atoms with Crippen molar-refractivity contribution >= 4 is 27.4 Å². The number of aryl methyl sites for hydroxylation is 1. The van der Waals surface area contributed by atoms with Gasteiger partial charge in [-0.2, -0.15) is 0 Å². The van der Waals surface area contributed by atoms with E-state index < -0.39 is 0 Å². The summed E-state index contributed by atoms with van der Waals surface area (Å²) in [5.74, 6) is 1.04. The molecule has 0 spiro atoms. The number of fused-ring (bicyclic) bond motifs is 1. The van der Waals surface area contributed by atoms with Crippen LogP contribution in [0.4, 0.5) is 5.82 Å². The van der Waals surface area contributed by atoms with E-state index in [-0.39, 0.29) is 11.2 Å². The molecule has 0 atom stereocenters. The van der Waals surface area contributed by atoms with Crippen molar-refractivity contribution < 1.29 is 4.74 Å².